The number of amides is 1. The fraction of sp³-hybridized carbons (Fsp3) is 0.529. The monoisotopic (exact) mass is 865 g/mol. The molecule has 1 saturated carbocycles. The lowest BCUT2D eigenvalue weighted by atomic mass is 9.55. The summed E-state index contributed by atoms with van der Waals surface area (Å²) >= 11 is 0. The Morgan fingerprint density at radius 3 is 2.37 bits per heavy atom. The normalized spacial score (nSPS) is 24.1. The van der Waals surface area contributed by atoms with Crippen LogP contribution >= 0.6 is 0 Å². The molecule has 4 aliphatic rings. The standard InChI is InChI=1S/C51H67N3O9/c1-3-23-54(50(57)60-32-31-58-36-38-15-7-5-8-16-38)47-35-45(52-62-37-39-17-9-6-10-18-39)43-33-40(19-11-13-27-55)42(20-12-14-28-56)48-44-34-41(59-30-26-53-24-25-53)21-22-46(44)63-51(47,49(43)48)61-29-4-2/h4-10,15-18,21-22,33-34,40,42,47-49,55-56H,2-3,11-14,19-20,23-32,35-37H2,1H3. The number of aliphatic hydroxyl groups excluding tert-OH is 2. The first kappa shape index (κ1) is 46.3. The van der Waals surface area contributed by atoms with Crippen molar-refractivity contribution in [3.05, 3.63) is 120 Å². The molecule has 3 aromatic rings. The molecule has 6 atom stereocenters. The summed E-state index contributed by atoms with van der Waals surface area (Å²) in [5.74, 6) is -0.272. The lowest BCUT2D eigenvalue weighted by Crippen LogP contribution is -2.70. The fourth-order valence-corrected chi connectivity index (χ4v) is 9.73. The second-order valence-corrected chi connectivity index (χ2v) is 17.1. The highest BCUT2D eigenvalue weighted by molar-refractivity contribution is 6.03. The van der Waals surface area contributed by atoms with Crippen molar-refractivity contribution in [1.29, 1.82) is 0 Å². The second kappa shape index (κ2) is 23.3. The number of allylic oxidation sites excluding steroid dienone is 1. The summed E-state index contributed by atoms with van der Waals surface area (Å²) in [7, 11) is 0. The molecule has 2 N–H and O–H groups in total. The summed E-state index contributed by atoms with van der Waals surface area (Å²) in [6.07, 6.45) is 9.33. The van der Waals surface area contributed by atoms with Crippen LogP contribution in [0, 0.1) is 17.8 Å². The van der Waals surface area contributed by atoms with E-state index >= 15 is 0 Å². The predicted octanol–water partition coefficient (Wildman–Crippen LogP) is 8.28. The molecule has 6 unspecified atom stereocenters. The first-order valence-corrected chi connectivity index (χ1v) is 23.1. The Labute approximate surface area is 373 Å². The Balaban J connectivity index is 1.31. The Hall–Kier alpha value is -4.72. The van der Waals surface area contributed by atoms with Gasteiger partial charge in [0.1, 0.15) is 37.4 Å². The summed E-state index contributed by atoms with van der Waals surface area (Å²) in [4.78, 5) is 24.9. The lowest BCUT2D eigenvalue weighted by Gasteiger charge is -2.59. The zero-order valence-corrected chi connectivity index (χ0v) is 37.0. The minimum atomic E-state index is -1.37. The van der Waals surface area contributed by atoms with Gasteiger partial charge >= 0.3 is 6.09 Å². The van der Waals surface area contributed by atoms with Gasteiger partial charge in [0.05, 0.1) is 31.5 Å². The highest BCUT2D eigenvalue weighted by atomic mass is 16.7. The fourth-order valence-electron chi connectivity index (χ4n) is 9.73. The van der Waals surface area contributed by atoms with Gasteiger partial charge in [0.2, 0.25) is 5.79 Å². The van der Waals surface area contributed by atoms with Crippen LogP contribution in [0.4, 0.5) is 4.79 Å². The van der Waals surface area contributed by atoms with Gasteiger partial charge in [-0.15, -0.1) is 6.58 Å². The number of carbonyl (C=O) groups is 1. The summed E-state index contributed by atoms with van der Waals surface area (Å²) in [6.45, 7) is 11.6. The number of oxime groups is 1. The Kier molecular flexibility index (Phi) is 17.1. The number of ether oxygens (including phenoxy) is 5. The third-order valence-electron chi connectivity index (χ3n) is 12.7. The summed E-state index contributed by atoms with van der Waals surface area (Å²) < 4.78 is 32.8. The molecule has 12 heteroatoms. The minimum absolute atomic E-state index is 0.0735. The molecule has 12 nitrogen and oxygen atoms in total. The molecule has 2 heterocycles. The molecule has 7 rings (SSSR count). The predicted molar refractivity (Wildman–Crippen MR) is 243 cm³/mol. The molecule has 2 aliphatic heterocycles. The maximum absolute atomic E-state index is 14.6. The summed E-state index contributed by atoms with van der Waals surface area (Å²) in [5.41, 5.74) is 4.79. The van der Waals surface area contributed by atoms with E-state index in [0.717, 1.165) is 79.0 Å². The van der Waals surface area contributed by atoms with E-state index in [-0.39, 0.29) is 63.8 Å². The molecule has 2 aliphatic carbocycles. The number of fused-ring (bicyclic) bond motifs is 2. The maximum Gasteiger partial charge on any atom is 0.410 e. The molecule has 340 valence electrons. The van der Waals surface area contributed by atoms with Gasteiger partial charge in [-0.2, -0.15) is 0 Å². The molecular weight excluding hydrogens is 799 g/mol. The van der Waals surface area contributed by atoms with Crippen LogP contribution in [0.15, 0.2) is 108 Å². The topological polar surface area (TPSA) is 132 Å². The molecule has 1 saturated heterocycles. The van der Waals surface area contributed by atoms with E-state index in [1.807, 2.05) is 79.7 Å². The van der Waals surface area contributed by atoms with E-state index in [9.17, 15) is 15.0 Å². The quantitative estimate of drug-likeness (QED) is 0.0352. The number of carbonyl (C=O) groups excluding carboxylic acids is 1. The first-order chi connectivity index (χ1) is 31.0. The third kappa shape index (κ3) is 11.7. The van der Waals surface area contributed by atoms with Crippen molar-refractivity contribution in [3.63, 3.8) is 0 Å². The Bertz CT molecular complexity index is 1960. The zero-order chi connectivity index (χ0) is 43.9. The van der Waals surface area contributed by atoms with Gasteiger partial charge in [0.15, 0.2) is 0 Å². The molecule has 0 radical (unpaired) electrons. The van der Waals surface area contributed by atoms with Crippen LogP contribution in [0.25, 0.3) is 0 Å². The second-order valence-electron chi connectivity index (χ2n) is 17.1. The minimum Gasteiger partial charge on any atom is -0.492 e. The molecule has 3 aromatic carbocycles. The zero-order valence-electron chi connectivity index (χ0n) is 37.0. The van der Waals surface area contributed by atoms with Gasteiger partial charge in [-0.05, 0) is 78.8 Å². The van der Waals surface area contributed by atoms with Crippen LogP contribution in [-0.2, 0) is 32.3 Å². The molecule has 0 bridgehead atoms. The van der Waals surface area contributed by atoms with Gasteiger partial charge in [-0.25, -0.2) is 4.79 Å². The average Bonchev–Trinajstić information content (AvgIpc) is 4.14. The van der Waals surface area contributed by atoms with Gasteiger partial charge < -0.3 is 38.7 Å². The summed E-state index contributed by atoms with van der Waals surface area (Å²) in [6, 6.07) is 25.3. The van der Waals surface area contributed by atoms with Crippen LogP contribution in [0.1, 0.15) is 80.9 Å². The van der Waals surface area contributed by atoms with Crippen molar-refractivity contribution in [2.75, 3.05) is 65.8 Å². The van der Waals surface area contributed by atoms with E-state index in [0.29, 0.717) is 44.8 Å². The Morgan fingerprint density at radius 1 is 0.937 bits per heavy atom. The lowest BCUT2D eigenvalue weighted by molar-refractivity contribution is -0.255. The molecular formula is C51H67N3O9. The van der Waals surface area contributed by atoms with Crippen LogP contribution in [0.2, 0.25) is 0 Å². The number of hydrogen-bond acceptors (Lipinski definition) is 11. The highest BCUT2D eigenvalue weighted by Gasteiger charge is 2.65. The van der Waals surface area contributed by atoms with Crippen molar-refractivity contribution in [2.45, 2.75) is 89.3 Å². The molecule has 0 spiro atoms. The number of aliphatic hydroxyl groups is 2. The van der Waals surface area contributed by atoms with Gasteiger partial charge in [-0.3, -0.25) is 9.80 Å². The molecule has 63 heavy (non-hydrogen) atoms. The van der Waals surface area contributed by atoms with Crippen molar-refractivity contribution < 1.29 is 43.5 Å². The van der Waals surface area contributed by atoms with Crippen molar-refractivity contribution in [3.8, 4) is 11.5 Å². The Morgan fingerprint density at radius 2 is 1.67 bits per heavy atom. The molecule has 2 fully saturated rings. The van der Waals surface area contributed by atoms with E-state index < -0.39 is 23.8 Å². The summed E-state index contributed by atoms with van der Waals surface area (Å²) in [5, 5.41) is 24.9. The van der Waals surface area contributed by atoms with Crippen LogP contribution in [0.5, 0.6) is 11.5 Å². The molecule has 1 amide bonds. The van der Waals surface area contributed by atoms with Gasteiger partial charge in [-0.1, -0.05) is 97.7 Å². The van der Waals surface area contributed by atoms with Crippen molar-refractivity contribution >= 4 is 11.8 Å². The van der Waals surface area contributed by atoms with E-state index in [4.69, 9.17) is 33.7 Å². The van der Waals surface area contributed by atoms with Crippen molar-refractivity contribution in [1.82, 2.24) is 9.80 Å². The number of nitrogens with zero attached hydrogens (tertiary/aromatic N) is 3. The van der Waals surface area contributed by atoms with Crippen LogP contribution in [0.3, 0.4) is 0 Å². The van der Waals surface area contributed by atoms with E-state index in [2.05, 4.69) is 23.6 Å². The molecule has 0 aromatic heterocycles. The first-order valence-electron chi connectivity index (χ1n) is 23.1. The van der Waals surface area contributed by atoms with E-state index in [1.54, 1.807) is 11.0 Å². The smallest absolute Gasteiger partial charge is 0.410 e. The number of hydrogen-bond donors (Lipinski definition) is 2. The van der Waals surface area contributed by atoms with Crippen LogP contribution in [-0.4, -0.2) is 109 Å². The third-order valence-corrected chi connectivity index (χ3v) is 12.7. The number of benzene rings is 3. The number of rotatable bonds is 26. The van der Waals surface area contributed by atoms with Crippen molar-refractivity contribution in [2.24, 2.45) is 22.9 Å². The highest BCUT2D eigenvalue weighted by Crippen LogP contribution is 2.62. The number of unbranched alkanes of at least 4 members (excludes halogenated alkanes) is 2. The van der Waals surface area contributed by atoms with E-state index in [1.165, 1.54) is 0 Å². The van der Waals surface area contributed by atoms with Gasteiger partial charge in [0, 0.05) is 57.3 Å². The largest absolute Gasteiger partial charge is 0.492 e. The van der Waals surface area contributed by atoms with Gasteiger partial charge in [0.25, 0.3) is 0 Å². The SMILES string of the molecule is C=CCOC12Oc3ccc(OCCN4CC4)cc3C3C(CCCCO)C(CCCCO)C=C(C(=NOCc4ccccc4)CC1N(CCC)C(=O)OCCOCc1ccccc1)C32. The van der Waals surface area contributed by atoms with Crippen LogP contribution < -0.4 is 9.47 Å². The average molecular weight is 866 g/mol. The maximum atomic E-state index is 14.6.